The van der Waals surface area contributed by atoms with Gasteiger partial charge < -0.3 is 9.84 Å². The maximum atomic E-state index is 10.8. The molecule has 24 heavy (non-hydrogen) atoms. The van der Waals surface area contributed by atoms with Crippen LogP contribution in [0.15, 0.2) is 24.3 Å². The van der Waals surface area contributed by atoms with E-state index in [4.69, 9.17) is 9.84 Å². The number of unbranched alkanes of at least 4 members (excludes halogenated alkanes) is 2. The number of ether oxygens (including phenoxy) is 1. The highest BCUT2D eigenvalue weighted by Gasteiger charge is 2.24. The van der Waals surface area contributed by atoms with Crippen LogP contribution in [0.3, 0.4) is 0 Å². The molecule has 1 N–H and O–H groups in total. The van der Waals surface area contributed by atoms with Gasteiger partial charge in [0.2, 0.25) is 0 Å². The molecule has 1 fully saturated rings. The van der Waals surface area contributed by atoms with Gasteiger partial charge in [-0.2, -0.15) is 0 Å². The summed E-state index contributed by atoms with van der Waals surface area (Å²) in [6.07, 6.45) is 13.5. The highest BCUT2D eigenvalue weighted by atomic mass is 16.5. The third-order valence-corrected chi connectivity index (χ3v) is 5.33. The Morgan fingerprint density at radius 2 is 1.67 bits per heavy atom. The summed E-state index contributed by atoms with van der Waals surface area (Å²) < 4.78 is 5.77. The van der Waals surface area contributed by atoms with Crippen molar-refractivity contribution in [3.63, 3.8) is 0 Å². The van der Waals surface area contributed by atoms with E-state index in [1.54, 1.807) is 24.3 Å². The number of carboxylic acids is 1. The first-order chi connectivity index (χ1) is 11.7. The van der Waals surface area contributed by atoms with Crippen molar-refractivity contribution < 1.29 is 14.6 Å². The first-order valence-electron chi connectivity index (χ1n) is 9.67. The minimum Gasteiger partial charge on any atom is -0.494 e. The number of carbonyl (C=O) groups is 1. The van der Waals surface area contributed by atoms with Gasteiger partial charge in [-0.05, 0) is 48.9 Å². The van der Waals surface area contributed by atoms with Gasteiger partial charge in [-0.15, -0.1) is 0 Å². The molecule has 0 bridgehead atoms. The largest absolute Gasteiger partial charge is 0.494 e. The Morgan fingerprint density at radius 1 is 1.04 bits per heavy atom. The highest BCUT2D eigenvalue weighted by Crippen LogP contribution is 2.36. The number of aromatic carboxylic acids is 1. The van der Waals surface area contributed by atoms with Crippen molar-refractivity contribution in [3.8, 4) is 5.75 Å². The van der Waals surface area contributed by atoms with Gasteiger partial charge in [0.15, 0.2) is 0 Å². The average molecular weight is 332 g/mol. The topological polar surface area (TPSA) is 46.5 Å². The first-order valence-corrected chi connectivity index (χ1v) is 9.67. The van der Waals surface area contributed by atoms with Crippen molar-refractivity contribution >= 4 is 5.97 Å². The third kappa shape index (κ3) is 6.18. The Labute approximate surface area is 146 Å². The van der Waals surface area contributed by atoms with Gasteiger partial charge in [-0.3, -0.25) is 0 Å². The molecule has 0 amide bonds. The Kier molecular flexibility index (Phi) is 8.14. The van der Waals surface area contributed by atoms with E-state index in [0.717, 1.165) is 30.6 Å². The van der Waals surface area contributed by atoms with Gasteiger partial charge in [-0.25, -0.2) is 4.79 Å². The summed E-state index contributed by atoms with van der Waals surface area (Å²) in [5.41, 5.74) is 0.305. The SMILES string of the molecule is CCCCCC1CCCCC1CCCOc1ccc(C(=O)O)cc1. The molecule has 2 unspecified atom stereocenters. The standard InChI is InChI=1S/C21H32O3/c1-2-3-4-8-17-9-5-6-10-18(17)11-7-16-24-20-14-12-19(13-15-20)21(22)23/h12-15,17-18H,2-11,16H2,1H3,(H,22,23). The van der Waals surface area contributed by atoms with Crippen molar-refractivity contribution in [2.75, 3.05) is 6.61 Å². The molecule has 2 rings (SSSR count). The number of benzene rings is 1. The molecule has 0 saturated heterocycles. The number of hydrogen-bond acceptors (Lipinski definition) is 2. The second-order valence-electron chi connectivity index (χ2n) is 7.12. The summed E-state index contributed by atoms with van der Waals surface area (Å²) in [4.78, 5) is 10.8. The second-order valence-corrected chi connectivity index (χ2v) is 7.12. The summed E-state index contributed by atoms with van der Waals surface area (Å²) in [6.45, 7) is 3.00. The molecule has 0 spiro atoms. The predicted molar refractivity (Wildman–Crippen MR) is 97.7 cm³/mol. The Balaban J connectivity index is 1.68. The maximum Gasteiger partial charge on any atom is 0.335 e. The number of hydrogen-bond donors (Lipinski definition) is 1. The number of rotatable bonds is 10. The van der Waals surface area contributed by atoms with Crippen LogP contribution in [0, 0.1) is 11.8 Å². The van der Waals surface area contributed by atoms with E-state index >= 15 is 0 Å². The van der Waals surface area contributed by atoms with E-state index in [-0.39, 0.29) is 0 Å². The molecule has 0 aromatic heterocycles. The van der Waals surface area contributed by atoms with Crippen molar-refractivity contribution in [3.05, 3.63) is 29.8 Å². The molecule has 1 aliphatic rings. The van der Waals surface area contributed by atoms with Crippen molar-refractivity contribution in [2.45, 2.75) is 71.1 Å². The molecule has 1 saturated carbocycles. The van der Waals surface area contributed by atoms with Gasteiger partial charge in [-0.1, -0.05) is 58.3 Å². The number of carboxylic acid groups (broad SMARTS) is 1. The molecule has 0 radical (unpaired) electrons. The lowest BCUT2D eigenvalue weighted by Gasteiger charge is -2.31. The minimum atomic E-state index is -0.895. The van der Waals surface area contributed by atoms with Crippen LogP contribution in [0.5, 0.6) is 5.75 Å². The summed E-state index contributed by atoms with van der Waals surface area (Å²) in [5, 5.41) is 8.90. The Morgan fingerprint density at radius 3 is 2.25 bits per heavy atom. The molecule has 0 heterocycles. The first kappa shape index (κ1) is 18.8. The summed E-state index contributed by atoms with van der Waals surface area (Å²) in [7, 11) is 0. The van der Waals surface area contributed by atoms with Gasteiger partial charge in [0.05, 0.1) is 12.2 Å². The van der Waals surface area contributed by atoms with Crippen LogP contribution < -0.4 is 4.74 Å². The van der Waals surface area contributed by atoms with E-state index in [9.17, 15) is 4.79 Å². The smallest absolute Gasteiger partial charge is 0.335 e. The van der Waals surface area contributed by atoms with E-state index in [1.165, 1.54) is 57.8 Å². The lowest BCUT2D eigenvalue weighted by molar-refractivity contribution is 0.0697. The van der Waals surface area contributed by atoms with Crippen LogP contribution in [0.2, 0.25) is 0 Å². The van der Waals surface area contributed by atoms with Crippen LogP contribution in [0.25, 0.3) is 0 Å². The summed E-state index contributed by atoms with van der Waals surface area (Å²) >= 11 is 0. The zero-order chi connectivity index (χ0) is 17.2. The maximum absolute atomic E-state index is 10.8. The lowest BCUT2D eigenvalue weighted by Crippen LogP contribution is -2.20. The van der Waals surface area contributed by atoms with E-state index in [2.05, 4.69) is 6.92 Å². The molecular formula is C21H32O3. The molecule has 1 aromatic rings. The average Bonchev–Trinajstić information content (AvgIpc) is 2.60. The van der Waals surface area contributed by atoms with E-state index in [0.29, 0.717) is 5.56 Å². The Hall–Kier alpha value is -1.51. The lowest BCUT2D eigenvalue weighted by atomic mass is 9.74. The highest BCUT2D eigenvalue weighted by molar-refractivity contribution is 5.87. The molecule has 1 aromatic carbocycles. The quantitative estimate of drug-likeness (QED) is 0.540. The van der Waals surface area contributed by atoms with E-state index in [1.807, 2.05) is 0 Å². The van der Waals surface area contributed by atoms with Gasteiger partial charge >= 0.3 is 5.97 Å². The molecule has 3 heteroatoms. The van der Waals surface area contributed by atoms with Gasteiger partial charge in [0.1, 0.15) is 5.75 Å². The van der Waals surface area contributed by atoms with Crippen LogP contribution in [-0.2, 0) is 0 Å². The zero-order valence-corrected chi connectivity index (χ0v) is 15.0. The monoisotopic (exact) mass is 332 g/mol. The van der Waals surface area contributed by atoms with Crippen molar-refractivity contribution in [2.24, 2.45) is 11.8 Å². The van der Waals surface area contributed by atoms with Crippen LogP contribution >= 0.6 is 0 Å². The molecular weight excluding hydrogens is 300 g/mol. The summed E-state index contributed by atoms with van der Waals surface area (Å²) in [5.74, 6) is 1.69. The minimum absolute atomic E-state index is 0.305. The van der Waals surface area contributed by atoms with Crippen LogP contribution in [0.1, 0.15) is 81.5 Å². The third-order valence-electron chi connectivity index (χ3n) is 5.33. The fourth-order valence-electron chi connectivity index (χ4n) is 3.93. The van der Waals surface area contributed by atoms with Gasteiger partial charge in [0.25, 0.3) is 0 Å². The predicted octanol–water partition coefficient (Wildman–Crippen LogP) is 5.93. The molecule has 3 nitrogen and oxygen atoms in total. The molecule has 2 atom stereocenters. The van der Waals surface area contributed by atoms with Crippen molar-refractivity contribution in [1.82, 2.24) is 0 Å². The van der Waals surface area contributed by atoms with Crippen LogP contribution in [0.4, 0.5) is 0 Å². The Bertz CT molecular complexity index is 480. The molecule has 1 aliphatic carbocycles. The molecule has 134 valence electrons. The van der Waals surface area contributed by atoms with E-state index < -0.39 is 5.97 Å². The van der Waals surface area contributed by atoms with Crippen molar-refractivity contribution in [1.29, 1.82) is 0 Å². The second kappa shape index (κ2) is 10.4. The van der Waals surface area contributed by atoms with Crippen LogP contribution in [-0.4, -0.2) is 17.7 Å². The fraction of sp³-hybridized carbons (Fsp3) is 0.667. The normalized spacial score (nSPS) is 20.7. The van der Waals surface area contributed by atoms with Gasteiger partial charge in [0, 0.05) is 0 Å². The molecule has 0 aliphatic heterocycles. The zero-order valence-electron chi connectivity index (χ0n) is 15.0. The fourth-order valence-corrected chi connectivity index (χ4v) is 3.93. The summed E-state index contributed by atoms with van der Waals surface area (Å²) in [6, 6.07) is 6.69.